The molecule has 4 rings (SSSR count). The van der Waals surface area contributed by atoms with Crippen molar-refractivity contribution in [2.45, 2.75) is 25.8 Å². The second-order valence-electron chi connectivity index (χ2n) is 7.18. The van der Waals surface area contributed by atoms with Gasteiger partial charge in [-0.1, -0.05) is 30.9 Å². The van der Waals surface area contributed by atoms with Gasteiger partial charge in [-0.25, -0.2) is 0 Å². The fraction of sp³-hybridized carbons (Fsp3) is 0.304. The summed E-state index contributed by atoms with van der Waals surface area (Å²) in [5.74, 6) is 0.554. The fourth-order valence-corrected chi connectivity index (χ4v) is 3.78. The van der Waals surface area contributed by atoms with Gasteiger partial charge in [0.1, 0.15) is 5.65 Å². The zero-order chi connectivity index (χ0) is 19.3. The van der Waals surface area contributed by atoms with E-state index in [1.807, 2.05) is 18.2 Å². The van der Waals surface area contributed by atoms with E-state index >= 15 is 0 Å². The molecular formula is C23H25N3O2. The quantitative estimate of drug-likeness (QED) is 0.639. The minimum atomic E-state index is -0.152. The summed E-state index contributed by atoms with van der Waals surface area (Å²) < 4.78 is 5.77. The van der Waals surface area contributed by atoms with Crippen molar-refractivity contribution >= 4 is 17.1 Å². The van der Waals surface area contributed by atoms with E-state index in [1.165, 1.54) is 22.8 Å². The first-order chi connectivity index (χ1) is 13.7. The summed E-state index contributed by atoms with van der Waals surface area (Å²) in [7, 11) is 0. The summed E-state index contributed by atoms with van der Waals surface area (Å²) in [6, 6.07) is 13.5. The number of unbranched alkanes of at least 4 members (excludes halogenated alkanes) is 1. The Morgan fingerprint density at radius 3 is 2.96 bits per heavy atom. The smallest absolute Gasteiger partial charge is 0.249 e. The highest BCUT2D eigenvalue weighted by Crippen LogP contribution is 2.23. The van der Waals surface area contributed by atoms with Crippen LogP contribution in [0.4, 0.5) is 0 Å². The third-order valence-electron chi connectivity index (χ3n) is 5.28. The predicted molar refractivity (Wildman–Crippen MR) is 113 cm³/mol. The number of aromatic amines is 1. The fourth-order valence-electron chi connectivity index (χ4n) is 3.78. The Hall–Kier alpha value is -2.92. The molecule has 0 saturated carbocycles. The zero-order valence-corrected chi connectivity index (χ0v) is 16.0. The lowest BCUT2D eigenvalue weighted by Crippen LogP contribution is -2.31. The number of rotatable bonds is 7. The second kappa shape index (κ2) is 8.40. The van der Waals surface area contributed by atoms with Gasteiger partial charge in [0.05, 0.1) is 6.61 Å². The molecule has 0 amide bonds. The second-order valence-corrected chi connectivity index (χ2v) is 7.18. The Kier molecular flexibility index (Phi) is 5.53. The van der Waals surface area contributed by atoms with Gasteiger partial charge in [0.2, 0.25) is 11.4 Å². The lowest BCUT2D eigenvalue weighted by atomic mass is 9.94. The van der Waals surface area contributed by atoms with Crippen molar-refractivity contribution in [1.82, 2.24) is 14.9 Å². The van der Waals surface area contributed by atoms with E-state index in [-0.39, 0.29) is 5.56 Å². The van der Waals surface area contributed by atoms with Gasteiger partial charge >= 0.3 is 0 Å². The number of nitrogens with zero attached hydrogens (tertiary/aromatic N) is 2. The Morgan fingerprint density at radius 2 is 2.07 bits per heavy atom. The van der Waals surface area contributed by atoms with Crippen molar-refractivity contribution in [2.75, 3.05) is 19.7 Å². The summed E-state index contributed by atoms with van der Waals surface area (Å²) in [5.41, 5.74) is 4.57. The Labute approximate surface area is 164 Å². The molecule has 0 unspecified atom stereocenters. The molecule has 1 aromatic carbocycles. The predicted octanol–water partition coefficient (Wildman–Crippen LogP) is 3.78. The Bertz CT molecular complexity index is 1040. The molecule has 1 N–H and O–H groups in total. The molecule has 144 valence electrons. The lowest BCUT2D eigenvalue weighted by Gasteiger charge is -2.29. The van der Waals surface area contributed by atoms with Crippen LogP contribution in [-0.4, -0.2) is 34.6 Å². The summed E-state index contributed by atoms with van der Waals surface area (Å²) in [6.45, 7) is 7.73. The van der Waals surface area contributed by atoms with Gasteiger partial charge in [0.25, 0.3) is 0 Å². The Morgan fingerprint density at radius 1 is 1.18 bits per heavy atom. The Balaban J connectivity index is 1.24. The topological polar surface area (TPSA) is 58.2 Å². The monoisotopic (exact) mass is 375 g/mol. The average Bonchev–Trinajstić information content (AvgIpc) is 2.72. The first-order valence-electron chi connectivity index (χ1n) is 9.81. The van der Waals surface area contributed by atoms with Gasteiger partial charge in [0, 0.05) is 30.6 Å². The number of H-pyrrole nitrogens is 1. The maximum absolute atomic E-state index is 11.4. The van der Waals surface area contributed by atoms with Gasteiger partial charge in [-0.15, -0.1) is 0 Å². The van der Waals surface area contributed by atoms with Gasteiger partial charge in [-0.05, 0) is 54.6 Å². The molecule has 1 aliphatic heterocycles. The largest absolute Gasteiger partial charge is 0.478 e. The standard InChI is InChI=1S/C23H25N3O2/c1-2-17-6-5-7-19-16-26(14-12-20(17)19)13-3-4-15-28-22-11-9-18-8-10-21(27)24-23(18)25-22/h2,5-11H,1,3-4,12-16H2,(H,24,25,27). The third-order valence-corrected chi connectivity index (χ3v) is 5.28. The van der Waals surface area contributed by atoms with Crippen LogP contribution in [0.15, 0.2) is 53.8 Å². The number of hydrogen-bond donors (Lipinski definition) is 1. The van der Waals surface area contributed by atoms with E-state index in [0.29, 0.717) is 18.1 Å². The maximum Gasteiger partial charge on any atom is 0.249 e. The molecule has 0 radical (unpaired) electrons. The normalized spacial score (nSPS) is 14.0. The van der Waals surface area contributed by atoms with E-state index in [4.69, 9.17) is 4.74 Å². The number of aromatic nitrogens is 2. The van der Waals surface area contributed by atoms with E-state index in [1.54, 1.807) is 6.07 Å². The van der Waals surface area contributed by atoms with Crippen LogP contribution in [-0.2, 0) is 13.0 Å². The van der Waals surface area contributed by atoms with Crippen LogP contribution in [0.3, 0.4) is 0 Å². The van der Waals surface area contributed by atoms with Crippen molar-refractivity contribution < 1.29 is 4.74 Å². The molecule has 0 atom stereocenters. The number of fused-ring (bicyclic) bond motifs is 2. The van der Waals surface area contributed by atoms with Gasteiger partial charge in [-0.3, -0.25) is 9.69 Å². The van der Waals surface area contributed by atoms with Crippen molar-refractivity contribution in [3.8, 4) is 5.88 Å². The molecule has 0 spiro atoms. The highest BCUT2D eigenvalue weighted by Gasteiger charge is 2.17. The number of hydrogen-bond acceptors (Lipinski definition) is 4. The van der Waals surface area contributed by atoms with Crippen LogP contribution in [0, 0.1) is 0 Å². The van der Waals surface area contributed by atoms with Crippen molar-refractivity contribution in [3.63, 3.8) is 0 Å². The molecule has 3 aromatic rings. The molecule has 5 heteroatoms. The lowest BCUT2D eigenvalue weighted by molar-refractivity contribution is 0.233. The SMILES string of the molecule is C=Cc1cccc2c1CCN(CCCCOc1ccc3ccc(=O)[nH]c3n1)C2. The molecule has 3 heterocycles. The summed E-state index contributed by atoms with van der Waals surface area (Å²) in [6.07, 6.45) is 5.11. The summed E-state index contributed by atoms with van der Waals surface area (Å²) in [4.78, 5) is 21.0. The number of benzene rings is 1. The van der Waals surface area contributed by atoms with Crippen LogP contribution < -0.4 is 10.3 Å². The zero-order valence-electron chi connectivity index (χ0n) is 16.0. The molecule has 0 saturated heterocycles. The van der Waals surface area contributed by atoms with Gasteiger partial charge in [0.15, 0.2) is 0 Å². The number of nitrogens with one attached hydrogen (secondary N) is 1. The van der Waals surface area contributed by atoms with E-state index < -0.39 is 0 Å². The number of pyridine rings is 2. The highest BCUT2D eigenvalue weighted by molar-refractivity contribution is 5.74. The van der Waals surface area contributed by atoms with Gasteiger partial charge in [-0.2, -0.15) is 4.98 Å². The molecule has 0 bridgehead atoms. The molecule has 1 aliphatic rings. The van der Waals surface area contributed by atoms with Crippen LogP contribution in [0.1, 0.15) is 29.5 Å². The van der Waals surface area contributed by atoms with Crippen LogP contribution in [0.5, 0.6) is 5.88 Å². The minimum absolute atomic E-state index is 0.152. The minimum Gasteiger partial charge on any atom is -0.478 e. The summed E-state index contributed by atoms with van der Waals surface area (Å²) >= 11 is 0. The van der Waals surface area contributed by atoms with Gasteiger partial charge < -0.3 is 9.72 Å². The van der Waals surface area contributed by atoms with Crippen molar-refractivity contribution in [3.05, 3.63) is 76.1 Å². The average molecular weight is 375 g/mol. The molecule has 0 aliphatic carbocycles. The summed E-state index contributed by atoms with van der Waals surface area (Å²) in [5, 5.41) is 0.900. The highest BCUT2D eigenvalue weighted by atomic mass is 16.5. The van der Waals surface area contributed by atoms with E-state index in [0.717, 1.165) is 44.3 Å². The van der Waals surface area contributed by atoms with Crippen molar-refractivity contribution in [2.24, 2.45) is 0 Å². The first kappa shape index (κ1) is 18.4. The van der Waals surface area contributed by atoms with E-state index in [9.17, 15) is 4.79 Å². The van der Waals surface area contributed by atoms with Crippen LogP contribution in [0.2, 0.25) is 0 Å². The van der Waals surface area contributed by atoms with E-state index in [2.05, 4.69) is 39.6 Å². The molecule has 5 nitrogen and oxygen atoms in total. The number of ether oxygens (including phenoxy) is 1. The van der Waals surface area contributed by atoms with Crippen LogP contribution >= 0.6 is 0 Å². The molecule has 28 heavy (non-hydrogen) atoms. The third kappa shape index (κ3) is 4.15. The van der Waals surface area contributed by atoms with Crippen molar-refractivity contribution in [1.29, 1.82) is 0 Å². The molecule has 2 aromatic heterocycles. The molecule has 0 fully saturated rings. The maximum atomic E-state index is 11.4. The molecular weight excluding hydrogens is 350 g/mol. The van der Waals surface area contributed by atoms with Crippen LogP contribution in [0.25, 0.3) is 17.1 Å². The first-order valence-corrected chi connectivity index (χ1v) is 9.81.